The van der Waals surface area contributed by atoms with Gasteiger partial charge in [-0.3, -0.25) is 9.80 Å². The Morgan fingerprint density at radius 1 is 1.38 bits per heavy atom. The zero-order valence-electron chi connectivity index (χ0n) is 13.8. The van der Waals surface area contributed by atoms with Gasteiger partial charge in [0.05, 0.1) is 25.3 Å². The van der Waals surface area contributed by atoms with Crippen LogP contribution in [0.15, 0.2) is 4.42 Å². The Labute approximate surface area is 138 Å². The van der Waals surface area contributed by atoms with Gasteiger partial charge in [-0.05, 0) is 6.54 Å². The van der Waals surface area contributed by atoms with E-state index in [1.54, 1.807) is 6.92 Å². The number of hydrogen-bond donors (Lipinski definition) is 1. The lowest BCUT2D eigenvalue weighted by Crippen LogP contribution is -2.42. The van der Waals surface area contributed by atoms with Gasteiger partial charge in [0.15, 0.2) is 0 Å². The molecule has 0 aliphatic carbocycles. The summed E-state index contributed by atoms with van der Waals surface area (Å²) >= 11 is 0. The van der Waals surface area contributed by atoms with Crippen LogP contribution in [0.2, 0.25) is 0 Å². The number of rotatable bonds is 8. The normalized spacial score (nSPS) is 22.6. The smallest absolute Gasteiger partial charge is 0.411 e. The molecule has 0 bridgehead atoms. The van der Waals surface area contributed by atoms with Gasteiger partial charge in [-0.1, -0.05) is 6.92 Å². The van der Waals surface area contributed by atoms with Crippen molar-refractivity contribution >= 4 is 0 Å². The second-order valence-corrected chi connectivity index (χ2v) is 5.84. The summed E-state index contributed by atoms with van der Waals surface area (Å²) in [5.74, 6) is 0.963. The van der Waals surface area contributed by atoms with Gasteiger partial charge in [-0.15, -0.1) is 10.2 Å². The minimum absolute atomic E-state index is 0.0199. The lowest BCUT2D eigenvalue weighted by molar-refractivity contribution is -0.174. The Morgan fingerprint density at radius 2 is 2.12 bits per heavy atom. The molecule has 2 rings (SSSR count). The third kappa shape index (κ3) is 5.69. The maximum absolute atomic E-state index is 12.0. The van der Waals surface area contributed by atoms with Gasteiger partial charge >= 0.3 is 6.18 Å². The maximum atomic E-state index is 12.0. The second kappa shape index (κ2) is 8.24. The Balaban J connectivity index is 1.80. The minimum Gasteiger partial charge on any atom is -0.424 e. The highest BCUT2D eigenvalue weighted by Gasteiger charge is 2.35. The van der Waals surface area contributed by atoms with Gasteiger partial charge in [0.2, 0.25) is 11.8 Å². The molecule has 0 unspecified atom stereocenters. The molecule has 1 aromatic rings. The number of nitrogens with zero attached hydrogens (tertiary/aromatic N) is 4. The molecule has 0 spiro atoms. The van der Waals surface area contributed by atoms with E-state index in [4.69, 9.17) is 4.42 Å². The minimum atomic E-state index is -4.31. The summed E-state index contributed by atoms with van der Waals surface area (Å²) in [6, 6.07) is -0.134. The maximum Gasteiger partial charge on any atom is 0.411 e. The van der Waals surface area contributed by atoms with Gasteiger partial charge < -0.3 is 14.3 Å². The lowest BCUT2D eigenvalue weighted by Gasteiger charge is -2.28. The molecule has 0 aromatic carbocycles. The number of hydrogen-bond acceptors (Lipinski definition) is 7. The monoisotopic (exact) mass is 352 g/mol. The number of likely N-dealkylation sites (N-methyl/N-ethyl adjacent to an activating group) is 1. The summed E-state index contributed by atoms with van der Waals surface area (Å²) < 4.78 is 46.1. The highest BCUT2D eigenvalue weighted by atomic mass is 19.4. The molecule has 2 heterocycles. The zero-order chi connectivity index (χ0) is 17.7. The van der Waals surface area contributed by atoms with Crippen molar-refractivity contribution in [3.8, 4) is 0 Å². The van der Waals surface area contributed by atoms with E-state index in [0.717, 1.165) is 0 Å². The summed E-state index contributed by atoms with van der Waals surface area (Å²) in [4.78, 5) is 3.92. The van der Waals surface area contributed by atoms with Crippen LogP contribution >= 0.6 is 0 Å². The molecule has 2 atom stereocenters. The van der Waals surface area contributed by atoms with Crippen molar-refractivity contribution in [3.63, 3.8) is 0 Å². The van der Waals surface area contributed by atoms with Crippen molar-refractivity contribution in [1.82, 2.24) is 20.0 Å². The molecule has 1 aromatic heterocycles. The second-order valence-electron chi connectivity index (χ2n) is 5.84. The number of likely N-dealkylation sites (tertiary alicyclic amines) is 1. The summed E-state index contributed by atoms with van der Waals surface area (Å²) in [5.41, 5.74) is 0. The molecular weight excluding hydrogens is 329 g/mol. The van der Waals surface area contributed by atoms with E-state index in [0.29, 0.717) is 44.5 Å². The van der Waals surface area contributed by atoms with Gasteiger partial charge in [-0.25, -0.2) is 0 Å². The number of ether oxygens (including phenoxy) is 1. The molecule has 0 radical (unpaired) electrons. The van der Waals surface area contributed by atoms with Crippen LogP contribution in [0, 0.1) is 6.92 Å². The van der Waals surface area contributed by atoms with Crippen molar-refractivity contribution in [3.05, 3.63) is 11.8 Å². The van der Waals surface area contributed by atoms with Crippen LogP contribution in [0.25, 0.3) is 0 Å². The quantitative estimate of drug-likeness (QED) is 0.695. The first kappa shape index (κ1) is 19.1. The van der Waals surface area contributed by atoms with Crippen molar-refractivity contribution in [2.75, 3.05) is 39.4 Å². The molecule has 1 saturated heterocycles. The number of aryl methyl sites for hydroxylation is 1. The van der Waals surface area contributed by atoms with Crippen LogP contribution in [-0.2, 0) is 11.3 Å². The molecule has 1 fully saturated rings. The summed E-state index contributed by atoms with van der Waals surface area (Å²) in [6.07, 6.45) is -4.90. The average Bonchev–Trinajstić information content (AvgIpc) is 3.06. The predicted octanol–water partition coefficient (Wildman–Crippen LogP) is 0.824. The van der Waals surface area contributed by atoms with E-state index in [2.05, 4.69) is 14.9 Å². The third-order valence-electron chi connectivity index (χ3n) is 3.93. The topological polar surface area (TPSA) is 74.9 Å². The fourth-order valence-electron chi connectivity index (χ4n) is 2.81. The lowest BCUT2D eigenvalue weighted by atomic mass is 10.2. The molecule has 1 aliphatic heterocycles. The Morgan fingerprint density at radius 3 is 2.71 bits per heavy atom. The number of halogens is 3. The first-order chi connectivity index (χ1) is 11.3. The molecule has 24 heavy (non-hydrogen) atoms. The SMILES string of the molecule is CCN(Cc1nnc(C)o1)[C@H]1CN(CCOCC(F)(F)F)C[C@H]1O. The van der Waals surface area contributed by atoms with Gasteiger partial charge in [0.1, 0.15) is 6.61 Å². The number of β-amino-alcohol motifs (C(OH)–C–C–N with tert-alkyl or cyclic N) is 1. The highest BCUT2D eigenvalue weighted by molar-refractivity contribution is 4.92. The fraction of sp³-hybridized carbons (Fsp3) is 0.857. The van der Waals surface area contributed by atoms with Gasteiger partial charge in [0, 0.05) is 26.6 Å². The number of aliphatic hydroxyl groups excluding tert-OH is 1. The number of aromatic nitrogens is 2. The van der Waals surface area contributed by atoms with E-state index < -0.39 is 18.9 Å². The van der Waals surface area contributed by atoms with Crippen molar-refractivity contribution in [2.24, 2.45) is 0 Å². The fourth-order valence-corrected chi connectivity index (χ4v) is 2.81. The average molecular weight is 352 g/mol. The van der Waals surface area contributed by atoms with Crippen LogP contribution in [0.3, 0.4) is 0 Å². The molecule has 0 saturated carbocycles. The molecular formula is C14H23F3N4O3. The molecule has 0 amide bonds. The summed E-state index contributed by atoms with van der Waals surface area (Å²) in [5, 5.41) is 18.0. The molecule has 1 N–H and O–H groups in total. The standard InChI is InChI=1S/C14H23F3N4O3/c1-3-21(8-13-19-18-10(2)24-13)11-6-20(7-12(11)22)4-5-23-9-14(15,16)17/h11-12,22H,3-9H2,1-2H3/t11-,12+/m0/s1. The number of aliphatic hydroxyl groups is 1. The van der Waals surface area contributed by atoms with Gasteiger partial charge in [0.25, 0.3) is 0 Å². The molecule has 1 aliphatic rings. The zero-order valence-corrected chi connectivity index (χ0v) is 13.8. The van der Waals surface area contributed by atoms with Crippen LogP contribution in [0.4, 0.5) is 13.2 Å². The van der Waals surface area contributed by atoms with E-state index in [1.807, 2.05) is 16.7 Å². The van der Waals surface area contributed by atoms with Crippen LogP contribution in [-0.4, -0.2) is 82.8 Å². The first-order valence-electron chi connectivity index (χ1n) is 7.86. The van der Waals surface area contributed by atoms with Crippen molar-refractivity contribution in [1.29, 1.82) is 0 Å². The Bertz CT molecular complexity index is 512. The van der Waals surface area contributed by atoms with Crippen molar-refractivity contribution in [2.45, 2.75) is 38.7 Å². The largest absolute Gasteiger partial charge is 0.424 e. The Hall–Kier alpha value is -1.23. The third-order valence-corrected chi connectivity index (χ3v) is 3.93. The van der Waals surface area contributed by atoms with E-state index >= 15 is 0 Å². The Kier molecular flexibility index (Phi) is 6.55. The van der Waals surface area contributed by atoms with Crippen LogP contribution in [0.1, 0.15) is 18.7 Å². The predicted molar refractivity (Wildman–Crippen MR) is 78.2 cm³/mol. The van der Waals surface area contributed by atoms with Gasteiger partial charge in [-0.2, -0.15) is 13.2 Å². The summed E-state index contributed by atoms with van der Waals surface area (Å²) in [6.45, 7) is 4.82. The van der Waals surface area contributed by atoms with E-state index in [9.17, 15) is 18.3 Å². The van der Waals surface area contributed by atoms with E-state index in [1.165, 1.54) is 0 Å². The molecule has 10 heteroatoms. The molecule has 138 valence electrons. The number of alkyl halides is 3. The molecule has 7 nitrogen and oxygen atoms in total. The first-order valence-corrected chi connectivity index (χ1v) is 7.86. The van der Waals surface area contributed by atoms with Crippen molar-refractivity contribution < 1.29 is 27.4 Å². The highest BCUT2D eigenvalue weighted by Crippen LogP contribution is 2.19. The summed E-state index contributed by atoms with van der Waals surface area (Å²) in [7, 11) is 0. The van der Waals surface area contributed by atoms with Crippen LogP contribution in [0.5, 0.6) is 0 Å². The van der Waals surface area contributed by atoms with Crippen LogP contribution < -0.4 is 0 Å². The van der Waals surface area contributed by atoms with E-state index in [-0.39, 0.29) is 12.6 Å².